The van der Waals surface area contributed by atoms with Gasteiger partial charge in [0.2, 0.25) is 5.91 Å². The monoisotopic (exact) mass is 462 g/mol. The standard InChI is InChI=1S/C26H30N4O4/c1-18-7-4-5-9-22(18)34-26-24(27-12-13-28-26)30-14-6-8-20(17-30)25(31)29-16-19-10-11-21(32-2)15-23(19)33-3/h4-5,7,9-13,15,20H,6,8,14,16-17H2,1-3H3,(H,29,31)/t20-/m0/s1. The average Bonchev–Trinajstić information content (AvgIpc) is 2.89. The molecule has 8 heteroatoms. The van der Waals surface area contributed by atoms with E-state index in [1.165, 1.54) is 0 Å². The largest absolute Gasteiger partial charge is 0.497 e. The lowest BCUT2D eigenvalue weighted by molar-refractivity contribution is -0.125. The molecule has 0 bridgehead atoms. The highest BCUT2D eigenvalue weighted by Crippen LogP contribution is 2.32. The van der Waals surface area contributed by atoms with Crippen molar-refractivity contribution in [1.29, 1.82) is 0 Å². The Morgan fingerprint density at radius 1 is 1.09 bits per heavy atom. The van der Waals surface area contributed by atoms with E-state index in [-0.39, 0.29) is 11.8 Å². The Labute approximate surface area is 199 Å². The first kappa shape index (κ1) is 23.4. The molecule has 1 atom stereocenters. The second-order valence-corrected chi connectivity index (χ2v) is 8.23. The first-order chi connectivity index (χ1) is 16.6. The maximum Gasteiger partial charge on any atom is 0.263 e. The van der Waals surface area contributed by atoms with Gasteiger partial charge in [-0.25, -0.2) is 9.97 Å². The molecule has 0 aliphatic carbocycles. The molecule has 1 aliphatic heterocycles. The number of piperidine rings is 1. The number of ether oxygens (including phenoxy) is 3. The van der Waals surface area contributed by atoms with E-state index in [4.69, 9.17) is 14.2 Å². The Morgan fingerprint density at radius 2 is 1.91 bits per heavy atom. The van der Waals surface area contributed by atoms with Crippen LogP contribution in [0.15, 0.2) is 54.9 Å². The molecule has 2 aromatic carbocycles. The Kier molecular flexibility index (Phi) is 7.47. The normalized spacial score (nSPS) is 15.5. The number of hydrogen-bond acceptors (Lipinski definition) is 7. The Hall–Kier alpha value is -3.81. The molecule has 178 valence electrons. The summed E-state index contributed by atoms with van der Waals surface area (Å²) in [5.74, 6) is 3.08. The number of aromatic nitrogens is 2. The molecule has 1 amide bonds. The van der Waals surface area contributed by atoms with Gasteiger partial charge in [0.05, 0.1) is 20.1 Å². The first-order valence-electron chi connectivity index (χ1n) is 11.4. The predicted octanol–water partition coefficient (Wildman–Crippen LogP) is 4.13. The number of methoxy groups -OCH3 is 2. The van der Waals surface area contributed by atoms with E-state index >= 15 is 0 Å². The molecule has 0 spiro atoms. The first-order valence-corrected chi connectivity index (χ1v) is 11.4. The van der Waals surface area contributed by atoms with Crippen molar-refractivity contribution in [3.63, 3.8) is 0 Å². The van der Waals surface area contributed by atoms with Crippen LogP contribution >= 0.6 is 0 Å². The van der Waals surface area contributed by atoms with Crippen LogP contribution in [0.2, 0.25) is 0 Å². The number of rotatable bonds is 8. The topological polar surface area (TPSA) is 85.8 Å². The lowest BCUT2D eigenvalue weighted by Crippen LogP contribution is -2.43. The number of carbonyl (C=O) groups is 1. The van der Waals surface area contributed by atoms with E-state index in [9.17, 15) is 4.79 Å². The zero-order valence-electron chi connectivity index (χ0n) is 19.8. The van der Waals surface area contributed by atoms with Gasteiger partial charge in [0, 0.05) is 43.7 Å². The van der Waals surface area contributed by atoms with Crippen LogP contribution in [0.5, 0.6) is 23.1 Å². The van der Waals surface area contributed by atoms with Gasteiger partial charge in [-0.1, -0.05) is 18.2 Å². The van der Waals surface area contributed by atoms with Gasteiger partial charge in [0.1, 0.15) is 17.2 Å². The highest BCUT2D eigenvalue weighted by molar-refractivity contribution is 5.79. The number of para-hydroxylation sites is 1. The summed E-state index contributed by atoms with van der Waals surface area (Å²) in [7, 11) is 3.22. The third kappa shape index (κ3) is 5.39. The van der Waals surface area contributed by atoms with E-state index in [1.54, 1.807) is 26.6 Å². The minimum Gasteiger partial charge on any atom is -0.497 e. The fourth-order valence-electron chi connectivity index (χ4n) is 4.09. The van der Waals surface area contributed by atoms with Gasteiger partial charge in [-0.15, -0.1) is 0 Å². The zero-order chi connectivity index (χ0) is 23.9. The van der Waals surface area contributed by atoms with Crippen LogP contribution in [0, 0.1) is 12.8 Å². The van der Waals surface area contributed by atoms with Crippen LogP contribution < -0.4 is 24.4 Å². The molecular weight excluding hydrogens is 432 g/mol. The Bertz CT molecular complexity index is 1140. The summed E-state index contributed by atoms with van der Waals surface area (Å²) in [4.78, 5) is 24.1. The summed E-state index contributed by atoms with van der Waals surface area (Å²) in [5.41, 5.74) is 1.91. The number of nitrogens with one attached hydrogen (secondary N) is 1. The van der Waals surface area contributed by atoms with E-state index in [1.807, 2.05) is 49.4 Å². The molecule has 4 rings (SSSR count). The second kappa shape index (κ2) is 10.9. The van der Waals surface area contributed by atoms with Crippen LogP contribution in [0.1, 0.15) is 24.0 Å². The van der Waals surface area contributed by atoms with Crippen LogP contribution in [0.25, 0.3) is 0 Å². The molecule has 3 aromatic rings. The van der Waals surface area contributed by atoms with Crippen molar-refractivity contribution in [3.05, 3.63) is 66.0 Å². The molecule has 1 aliphatic rings. The molecular formula is C26H30N4O4. The molecule has 1 aromatic heterocycles. The van der Waals surface area contributed by atoms with Gasteiger partial charge < -0.3 is 24.4 Å². The average molecular weight is 463 g/mol. The third-order valence-corrected chi connectivity index (χ3v) is 5.99. The fraction of sp³-hybridized carbons (Fsp3) is 0.346. The van der Waals surface area contributed by atoms with Crippen LogP contribution in [-0.4, -0.2) is 43.2 Å². The SMILES string of the molecule is COc1ccc(CNC(=O)[C@H]2CCCN(c3nccnc3Oc3ccccc3C)C2)c(OC)c1. The quantitative estimate of drug-likeness (QED) is 0.539. The summed E-state index contributed by atoms with van der Waals surface area (Å²) < 4.78 is 16.8. The van der Waals surface area contributed by atoms with Crippen LogP contribution in [0.3, 0.4) is 0 Å². The van der Waals surface area contributed by atoms with Gasteiger partial charge in [-0.05, 0) is 43.5 Å². The molecule has 2 heterocycles. The summed E-state index contributed by atoms with van der Waals surface area (Å²) in [6.07, 6.45) is 4.97. The molecule has 0 radical (unpaired) electrons. The third-order valence-electron chi connectivity index (χ3n) is 5.99. The zero-order valence-corrected chi connectivity index (χ0v) is 19.8. The number of carbonyl (C=O) groups excluding carboxylic acids is 1. The van der Waals surface area contributed by atoms with Crippen molar-refractivity contribution in [1.82, 2.24) is 15.3 Å². The molecule has 1 saturated heterocycles. The lowest BCUT2D eigenvalue weighted by atomic mass is 9.97. The highest BCUT2D eigenvalue weighted by Gasteiger charge is 2.28. The van der Waals surface area contributed by atoms with Gasteiger partial charge in [0.25, 0.3) is 5.88 Å². The summed E-state index contributed by atoms with van der Waals surface area (Å²) >= 11 is 0. The minimum absolute atomic E-state index is 0.00725. The van der Waals surface area contributed by atoms with Gasteiger partial charge >= 0.3 is 0 Å². The van der Waals surface area contributed by atoms with Crippen molar-refractivity contribution >= 4 is 11.7 Å². The number of nitrogens with zero attached hydrogens (tertiary/aromatic N) is 3. The fourth-order valence-corrected chi connectivity index (χ4v) is 4.09. The Balaban J connectivity index is 1.43. The maximum absolute atomic E-state index is 13.0. The second-order valence-electron chi connectivity index (χ2n) is 8.23. The number of benzene rings is 2. The highest BCUT2D eigenvalue weighted by atomic mass is 16.5. The van der Waals surface area contributed by atoms with Crippen molar-refractivity contribution < 1.29 is 19.0 Å². The molecule has 1 N–H and O–H groups in total. The van der Waals surface area contributed by atoms with E-state index < -0.39 is 0 Å². The summed E-state index contributed by atoms with van der Waals surface area (Å²) in [5, 5.41) is 3.06. The lowest BCUT2D eigenvalue weighted by Gasteiger charge is -2.33. The summed E-state index contributed by atoms with van der Waals surface area (Å²) in [6, 6.07) is 13.4. The van der Waals surface area contributed by atoms with Gasteiger partial charge in [-0.2, -0.15) is 0 Å². The predicted molar refractivity (Wildman–Crippen MR) is 130 cm³/mol. The summed E-state index contributed by atoms with van der Waals surface area (Å²) in [6.45, 7) is 3.72. The van der Waals surface area contributed by atoms with Crippen molar-refractivity contribution in [2.75, 3.05) is 32.2 Å². The maximum atomic E-state index is 13.0. The Morgan fingerprint density at radius 3 is 2.71 bits per heavy atom. The molecule has 8 nitrogen and oxygen atoms in total. The number of hydrogen-bond donors (Lipinski definition) is 1. The van der Waals surface area contributed by atoms with Crippen molar-refractivity contribution in [2.45, 2.75) is 26.3 Å². The molecule has 1 fully saturated rings. The van der Waals surface area contributed by atoms with E-state index in [0.29, 0.717) is 36.3 Å². The smallest absolute Gasteiger partial charge is 0.263 e. The van der Waals surface area contributed by atoms with Crippen molar-refractivity contribution in [2.24, 2.45) is 5.92 Å². The number of amides is 1. The van der Waals surface area contributed by atoms with Crippen LogP contribution in [-0.2, 0) is 11.3 Å². The number of aryl methyl sites for hydroxylation is 1. The molecule has 34 heavy (non-hydrogen) atoms. The van der Waals surface area contributed by atoms with Gasteiger partial charge in [-0.3, -0.25) is 4.79 Å². The van der Waals surface area contributed by atoms with Gasteiger partial charge in [0.15, 0.2) is 5.82 Å². The molecule has 0 saturated carbocycles. The number of anilines is 1. The van der Waals surface area contributed by atoms with E-state index in [2.05, 4.69) is 20.2 Å². The molecule has 0 unspecified atom stereocenters. The van der Waals surface area contributed by atoms with E-state index in [0.717, 1.165) is 36.3 Å². The van der Waals surface area contributed by atoms with Crippen LogP contribution in [0.4, 0.5) is 5.82 Å². The minimum atomic E-state index is -0.161. The van der Waals surface area contributed by atoms with Crippen molar-refractivity contribution in [3.8, 4) is 23.1 Å².